The van der Waals surface area contributed by atoms with Gasteiger partial charge in [0, 0.05) is 24.8 Å². The first-order chi connectivity index (χ1) is 9.22. The zero-order chi connectivity index (χ0) is 13.2. The number of likely N-dealkylation sites (tertiary alicyclic amines) is 1. The third kappa shape index (κ3) is 2.71. The van der Waals surface area contributed by atoms with Gasteiger partial charge in [0.05, 0.1) is 0 Å². The van der Waals surface area contributed by atoms with Gasteiger partial charge in [0.15, 0.2) is 0 Å². The van der Waals surface area contributed by atoms with Crippen LogP contribution in [0.5, 0.6) is 0 Å². The maximum Gasteiger partial charge on any atom is 0.321 e. The zero-order valence-electron chi connectivity index (χ0n) is 10.7. The smallest absolute Gasteiger partial charge is 0.321 e. The van der Waals surface area contributed by atoms with Gasteiger partial charge in [-0.25, -0.2) is 9.18 Å². The summed E-state index contributed by atoms with van der Waals surface area (Å²) in [4.78, 5) is 14.0. The molecule has 3 rings (SSSR count). The fourth-order valence-electron chi connectivity index (χ4n) is 3.00. The Morgan fingerprint density at radius 3 is 3.16 bits per heavy atom. The van der Waals surface area contributed by atoms with E-state index >= 15 is 0 Å². The summed E-state index contributed by atoms with van der Waals surface area (Å²) in [6.07, 6.45) is 2.13. The van der Waals surface area contributed by atoms with E-state index in [9.17, 15) is 9.18 Å². The average molecular weight is 263 g/mol. The summed E-state index contributed by atoms with van der Waals surface area (Å²) in [6, 6.07) is 6.44. The number of anilines is 1. The lowest BCUT2D eigenvalue weighted by molar-refractivity contribution is 0.170. The van der Waals surface area contributed by atoms with Crippen LogP contribution in [0, 0.1) is 11.7 Å². The minimum absolute atomic E-state index is 0.129. The number of halogens is 1. The van der Waals surface area contributed by atoms with Crippen LogP contribution >= 0.6 is 0 Å². The average Bonchev–Trinajstić information content (AvgIpc) is 2.85. The van der Waals surface area contributed by atoms with Gasteiger partial charge in [0.2, 0.25) is 0 Å². The van der Waals surface area contributed by atoms with Gasteiger partial charge in [0.25, 0.3) is 0 Å². The van der Waals surface area contributed by atoms with Crippen molar-refractivity contribution in [1.82, 2.24) is 10.2 Å². The Morgan fingerprint density at radius 1 is 1.42 bits per heavy atom. The van der Waals surface area contributed by atoms with E-state index in [2.05, 4.69) is 10.6 Å². The largest absolute Gasteiger partial charge is 0.324 e. The van der Waals surface area contributed by atoms with Gasteiger partial charge >= 0.3 is 6.03 Å². The van der Waals surface area contributed by atoms with Crippen LogP contribution in [-0.4, -0.2) is 36.6 Å². The molecule has 0 aliphatic carbocycles. The van der Waals surface area contributed by atoms with Crippen LogP contribution < -0.4 is 10.6 Å². The molecule has 2 amide bonds. The van der Waals surface area contributed by atoms with Crippen molar-refractivity contribution in [3.05, 3.63) is 30.1 Å². The molecule has 0 bridgehead atoms. The number of nitrogens with zero attached hydrogens (tertiary/aromatic N) is 1. The fraction of sp³-hybridized carbons (Fsp3) is 0.500. The molecule has 2 unspecified atom stereocenters. The lowest BCUT2D eigenvalue weighted by Crippen LogP contribution is -2.48. The van der Waals surface area contributed by atoms with Crippen LogP contribution in [-0.2, 0) is 0 Å². The maximum atomic E-state index is 13.1. The molecule has 19 heavy (non-hydrogen) atoms. The molecule has 2 N–H and O–H groups in total. The number of hydrogen-bond donors (Lipinski definition) is 2. The summed E-state index contributed by atoms with van der Waals surface area (Å²) in [5.41, 5.74) is 0.511. The second-order valence-electron chi connectivity index (χ2n) is 5.28. The first-order valence-electron chi connectivity index (χ1n) is 6.77. The summed E-state index contributed by atoms with van der Waals surface area (Å²) in [6.45, 7) is 2.60. The molecule has 1 aromatic carbocycles. The topological polar surface area (TPSA) is 44.4 Å². The number of carbonyl (C=O) groups excluding carboxylic acids is 1. The standard InChI is InChI=1S/C14H18FN3O/c15-11-2-1-3-12(8-11)17-14(19)18-7-5-13-10(9-18)4-6-16-13/h1-3,8,10,13,16H,4-7,9H2,(H,17,19). The molecule has 2 fully saturated rings. The Hall–Kier alpha value is -1.62. The van der Waals surface area contributed by atoms with Gasteiger partial charge in [0.1, 0.15) is 5.82 Å². The van der Waals surface area contributed by atoms with E-state index in [0.29, 0.717) is 17.6 Å². The van der Waals surface area contributed by atoms with Gasteiger partial charge < -0.3 is 15.5 Å². The van der Waals surface area contributed by atoms with Crippen molar-refractivity contribution in [2.75, 3.05) is 25.0 Å². The number of amides is 2. The summed E-state index contributed by atoms with van der Waals surface area (Å²) >= 11 is 0. The highest BCUT2D eigenvalue weighted by atomic mass is 19.1. The SMILES string of the molecule is O=C(Nc1cccc(F)c1)N1CCC2NCCC2C1. The second-order valence-corrected chi connectivity index (χ2v) is 5.28. The van der Waals surface area contributed by atoms with Crippen LogP contribution in [0.1, 0.15) is 12.8 Å². The van der Waals surface area contributed by atoms with Crippen molar-refractivity contribution in [2.24, 2.45) is 5.92 Å². The van der Waals surface area contributed by atoms with Gasteiger partial charge in [-0.05, 0) is 43.5 Å². The number of rotatable bonds is 1. The number of carbonyl (C=O) groups is 1. The molecule has 4 nitrogen and oxygen atoms in total. The molecule has 102 valence electrons. The van der Waals surface area contributed by atoms with Crippen LogP contribution in [0.4, 0.5) is 14.9 Å². The number of benzene rings is 1. The zero-order valence-corrected chi connectivity index (χ0v) is 10.7. The monoisotopic (exact) mass is 263 g/mol. The Balaban J connectivity index is 1.61. The van der Waals surface area contributed by atoms with E-state index in [1.165, 1.54) is 12.1 Å². The lowest BCUT2D eigenvalue weighted by Gasteiger charge is -2.34. The summed E-state index contributed by atoms with van der Waals surface area (Å²) in [7, 11) is 0. The van der Waals surface area contributed by atoms with E-state index in [1.54, 1.807) is 12.1 Å². The Bertz CT molecular complexity index is 480. The van der Waals surface area contributed by atoms with E-state index < -0.39 is 0 Å². The summed E-state index contributed by atoms with van der Waals surface area (Å²) < 4.78 is 13.1. The third-order valence-corrected chi connectivity index (χ3v) is 4.02. The fourth-order valence-corrected chi connectivity index (χ4v) is 3.00. The van der Waals surface area contributed by atoms with E-state index in [4.69, 9.17) is 0 Å². The second kappa shape index (κ2) is 5.17. The molecular weight excluding hydrogens is 245 g/mol. The highest BCUT2D eigenvalue weighted by Gasteiger charge is 2.34. The number of hydrogen-bond acceptors (Lipinski definition) is 2. The first kappa shape index (κ1) is 12.4. The molecule has 0 saturated carbocycles. The number of piperidine rings is 1. The molecular formula is C14H18FN3O. The number of urea groups is 1. The van der Waals surface area contributed by atoms with Crippen molar-refractivity contribution in [3.63, 3.8) is 0 Å². The molecule has 0 aromatic heterocycles. The minimum atomic E-state index is -0.337. The van der Waals surface area contributed by atoms with Gasteiger partial charge in [-0.2, -0.15) is 0 Å². The molecule has 0 radical (unpaired) electrons. The maximum absolute atomic E-state index is 13.1. The summed E-state index contributed by atoms with van der Waals surface area (Å²) in [5, 5.41) is 6.23. The van der Waals surface area contributed by atoms with Crippen LogP contribution in [0.2, 0.25) is 0 Å². The van der Waals surface area contributed by atoms with Gasteiger partial charge in [-0.3, -0.25) is 0 Å². The van der Waals surface area contributed by atoms with Gasteiger partial charge in [-0.1, -0.05) is 6.07 Å². The molecule has 5 heteroatoms. The van der Waals surface area contributed by atoms with Crippen molar-refractivity contribution in [3.8, 4) is 0 Å². The Kier molecular flexibility index (Phi) is 3.38. The molecule has 2 heterocycles. The third-order valence-electron chi connectivity index (χ3n) is 4.02. The normalized spacial score (nSPS) is 26.1. The highest BCUT2D eigenvalue weighted by Crippen LogP contribution is 2.25. The van der Waals surface area contributed by atoms with Crippen molar-refractivity contribution >= 4 is 11.7 Å². The Labute approximate surface area is 112 Å². The Morgan fingerprint density at radius 2 is 2.32 bits per heavy atom. The first-order valence-corrected chi connectivity index (χ1v) is 6.77. The molecule has 0 spiro atoms. The summed E-state index contributed by atoms with van der Waals surface area (Å²) in [5.74, 6) is 0.225. The molecule has 2 aliphatic rings. The van der Waals surface area contributed by atoms with Crippen LogP contribution in [0.25, 0.3) is 0 Å². The van der Waals surface area contributed by atoms with Crippen molar-refractivity contribution in [2.45, 2.75) is 18.9 Å². The van der Waals surface area contributed by atoms with Crippen LogP contribution in [0.3, 0.4) is 0 Å². The molecule has 2 aliphatic heterocycles. The molecule has 2 atom stereocenters. The predicted octanol–water partition coefficient (Wildman–Crippen LogP) is 2.04. The lowest BCUT2D eigenvalue weighted by atomic mass is 9.94. The van der Waals surface area contributed by atoms with E-state index in [0.717, 1.165) is 32.5 Å². The molecule has 2 saturated heterocycles. The minimum Gasteiger partial charge on any atom is -0.324 e. The van der Waals surface area contributed by atoms with Crippen LogP contribution in [0.15, 0.2) is 24.3 Å². The quantitative estimate of drug-likeness (QED) is 0.814. The van der Waals surface area contributed by atoms with Crippen molar-refractivity contribution in [1.29, 1.82) is 0 Å². The number of fused-ring (bicyclic) bond motifs is 1. The highest BCUT2D eigenvalue weighted by molar-refractivity contribution is 5.89. The van der Waals surface area contributed by atoms with E-state index in [-0.39, 0.29) is 11.8 Å². The van der Waals surface area contributed by atoms with E-state index in [1.807, 2.05) is 4.90 Å². The van der Waals surface area contributed by atoms with Crippen molar-refractivity contribution < 1.29 is 9.18 Å². The predicted molar refractivity (Wildman–Crippen MR) is 71.5 cm³/mol. The van der Waals surface area contributed by atoms with Gasteiger partial charge in [-0.15, -0.1) is 0 Å². The molecule has 1 aromatic rings. The number of nitrogens with one attached hydrogen (secondary N) is 2.